The average Bonchev–Trinajstić information content (AvgIpc) is 4.08. The molecule has 0 atom stereocenters. The Labute approximate surface area is 324 Å². The number of para-hydroxylation sites is 12. The maximum Gasteiger partial charge on any atom is 0.220 e. The van der Waals surface area contributed by atoms with Crippen molar-refractivity contribution in [2.75, 3.05) is 0 Å². The van der Waals surface area contributed by atoms with Crippen LogP contribution in [-0.4, -0.2) is 50.3 Å². The van der Waals surface area contributed by atoms with E-state index < -0.39 is 0 Å². The SMILES string of the molecule is N#Cc1c(-n2c3ccccc3n3c4ccccc4nc23)ccc(-n2c3ccccc3n3c4ccccc4nc23)c1-n1c2ccccc2n2c3ccccc3nc12.[B]. The Bertz CT molecular complexity index is 3860. The van der Waals surface area contributed by atoms with Crippen molar-refractivity contribution >= 4 is 91.9 Å². The molecule has 3 radical (unpaired) electrons. The van der Waals surface area contributed by atoms with E-state index in [9.17, 15) is 5.26 Å². The van der Waals surface area contributed by atoms with Gasteiger partial charge in [0.15, 0.2) is 0 Å². The van der Waals surface area contributed by atoms with Crippen molar-refractivity contribution in [2.45, 2.75) is 0 Å². The van der Waals surface area contributed by atoms with Gasteiger partial charge < -0.3 is 0 Å². The monoisotopic (exact) mass is 729 g/mol. The summed E-state index contributed by atoms with van der Waals surface area (Å²) in [5.41, 5.74) is 14.1. The summed E-state index contributed by atoms with van der Waals surface area (Å²) in [5.74, 6) is 2.18. The second kappa shape index (κ2) is 11.2. The molecular weight excluding hydrogens is 703 g/mol. The van der Waals surface area contributed by atoms with E-state index in [1.807, 2.05) is 78.9 Å². The maximum atomic E-state index is 11.7. The van der Waals surface area contributed by atoms with Gasteiger partial charge in [0.25, 0.3) is 0 Å². The molecule has 7 aromatic carbocycles. The summed E-state index contributed by atoms with van der Waals surface area (Å²) >= 11 is 0. The minimum absolute atomic E-state index is 0. The highest BCUT2D eigenvalue weighted by atomic mass is 15.3. The van der Waals surface area contributed by atoms with Crippen molar-refractivity contribution in [3.05, 3.63) is 163 Å². The van der Waals surface area contributed by atoms with Gasteiger partial charge in [0.2, 0.25) is 17.3 Å². The van der Waals surface area contributed by atoms with Gasteiger partial charge in [-0.1, -0.05) is 72.8 Å². The van der Waals surface area contributed by atoms with Crippen LogP contribution >= 0.6 is 0 Å². The van der Waals surface area contributed by atoms with Gasteiger partial charge in [-0.2, -0.15) is 5.26 Å². The van der Waals surface area contributed by atoms with Gasteiger partial charge in [-0.05, 0) is 84.9 Å². The number of aromatic nitrogens is 9. The molecule has 13 aromatic rings. The van der Waals surface area contributed by atoms with Crippen molar-refractivity contribution in [3.8, 4) is 23.1 Å². The molecule has 6 aromatic heterocycles. The number of benzene rings is 7. The van der Waals surface area contributed by atoms with Crippen LogP contribution in [0.2, 0.25) is 0 Å². The molecule has 11 heteroatoms. The summed E-state index contributed by atoms with van der Waals surface area (Å²) in [6.07, 6.45) is 0. The summed E-state index contributed by atoms with van der Waals surface area (Å²) in [4.78, 5) is 15.7. The topological polar surface area (TPSA) is 90.5 Å². The van der Waals surface area contributed by atoms with Crippen LogP contribution in [0.1, 0.15) is 5.56 Å². The van der Waals surface area contributed by atoms with E-state index in [2.05, 4.69) is 112 Å². The molecular formula is C46H26BN10. The van der Waals surface area contributed by atoms with Crippen LogP contribution in [0.15, 0.2) is 158 Å². The van der Waals surface area contributed by atoms with Gasteiger partial charge in [-0.15, -0.1) is 0 Å². The van der Waals surface area contributed by atoms with E-state index in [1.165, 1.54) is 0 Å². The van der Waals surface area contributed by atoms with Crippen LogP contribution in [0.5, 0.6) is 0 Å². The molecule has 0 spiro atoms. The van der Waals surface area contributed by atoms with Gasteiger partial charge >= 0.3 is 0 Å². The fourth-order valence-corrected chi connectivity index (χ4v) is 9.02. The van der Waals surface area contributed by atoms with E-state index in [-0.39, 0.29) is 8.41 Å². The standard InChI is InChI=1S/C46H26N10.B/c47-27-28-32(51-36-19-7-8-20-37(36)52-33-16-4-1-13-29(33)48-44(51)52)25-26-42(55-39-22-10-9-21-38(39)53-34-17-5-2-14-30(34)49-45(53)55)43(28)56-41-24-12-11-23-40(41)54-35-18-6-3-15-31(35)50-46(54)56;/h1-26H;. The van der Waals surface area contributed by atoms with Crippen molar-refractivity contribution in [3.63, 3.8) is 0 Å². The normalized spacial score (nSPS) is 12.1. The third kappa shape index (κ3) is 3.90. The quantitative estimate of drug-likeness (QED) is 0.170. The van der Waals surface area contributed by atoms with Crippen LogP contribution in [0.4, 0.5) is 0 Å². The molecule has 0 aliphatic rings. The molecule has 13 rings (SSSR count). The molecule has 10 nitrogen and oxygen atoms in total. The smallest absolute Gasteiger partial charge is 0.220 e. The van der Waals surface area contributed by atoms with Gasteiger partial charge in [0.05, 0.1) is 83.3 Å². The summed E-state index contributed by atoms with van der Waals surface area (Å²) < 4.78 is 13.1. The van der Waals surface area contributed by atoms with E-state index in [4.69, 9.17) is 15.0 Å². The fraction of sp³-hybridized carbons (Fsp3) is 0. The molecule has 6 heterocycles. The molecule has 57 heavy (non-hydrogen) atoms. The molecule has 0 saturated carbocycles. The second-order valence-electron chi connectivity index (χ2n) is 14.1. The Morgan fingerprint density at radius 3 is 1.09 bits per heavy atom. The molecule has 0 aliphatic heterocycles. The van der Waals surface area contributed by atoms with Crippen LogP contribution in [0.3, 0.4) is 0 Å². The molecule has 0 unspecified atom stereocenters. The highest BCUT2D eigenvalue weighted by Gasteiger charge is 2.29. The predicted octanol–water partition coefficient (Wildman–Crippen LogP) is 9.41. The Kier molecular flexibility index (Phi) is 6.16. The number of fused-ring (bicyclic) bond motifs is 15. The number of hydrogen-bond acceptors (Lipinski definition) is 4. The number of nitrogens with zero attached hydrogens (tertiary/aromatic N) is 10. The Hall–Kier alpha value is -8.10. The Morgan fingerprint density at radius 2 is 0.667 bits per heavy atom. The molecule has 0 fully saturated rings. The third-order valence-corrected chi connectivity index (χ3v) is 11.3. The van der Waals surface area contributed by atoms with E-state index in [1.54, 1.807) is 0 Å². The maximum absolute atomic E-state index is 11.7. The Morgan fingerprint density at radius 1 is 0.351 bits per heavy atom. The molecule has 0 aliphatic carbocycles. The van der Waals surface area contributed by atoms with Crippen molar-refractivity contribution in [2.24, 2.45) is 0 Å². The van der Waals surface area contributed by atoms with Crippen molar-refractivity contribution in [1.82, 2.24) is 41.9 Å². The van der Waals surface area contributed by atoms with Gasteiger partial charge in [0.1, 0.15) is 11.6 Å². The van der Waals surface area contributed by atoms with E-state index >= 15 is 0 Å². The lowest BCUT2D eigenvalue weighted by Gasteiger charge is -2.19. The first-order valence-corrected chi connectivity index (χ1v) is 18.5. The Balaban J connectivity index is 0.00000356. The first-order valence-electron chi connectivity index (χ1n) is 18.5. The third-order valence-electron chi connectivity index (χ3n) is 11.3. The fourth-order valence-electron chi connectivity index (χ4n) is 9.02. The minimum Gasteiger partial charge on any atom is -0.277 e. The van der Waals surface area contributed by atoms with Gasteiger partial charge in [-0.25, -0.2) is 15.0 Å². The molecule has 263 valence electrons. The predicted molar refractivity (Wildman–Crippen MR) is 226 cm³/mol. The van der Waals surface area contributed by atoms with E-state index in [0.717, 1.165) is 83.4 Å². The van der Waals surface area contributed by atoms with Crippen molar-refractivity contribution in [1.29, 1.82) is 5.26 Å². The highest BCUT2D eigenvalue weighted by molar-refractivity contribution is 5.98. The lowest BCUT2D eigenvalue weighted by molar-refractivity contribution is 1.02. The first-order chi connectivity index (χ1) is 27.8. The summed E-state index contributed by atoms with van der Waals surface area (Å²) in [6, 6.07) is 56.4. The summed E-state index contributed by atoms with van der Waals surface area (Å²) in [6.45, 7) is 0. The number of rotatable bonds is 3. The van der Waals surface area contributed by atoms with Crippen LogP contribution in [-0.2, 0) is 0 Å². The number of imidazole rings is 6. The van der Waals surface area contributed by atoms with Crippen LogP contribution in [0, 0.1) is 11.3 Å². The van der Waals surface area contributed by atoms with Gasteiger partial charge in [-0.3, -0.25) is 26.9 Å². The lowest BCUT2D eigenvalue weighted by atomic mass is 10.1. The van der Waals surface area contributed by atoms with Crippen LogP contribution < -0.4 is 0 Å². The largest absolute Gasteiger partial charge is 0.277 e. The number of hydrogen-bond donors (Lipinski definition) is 0. The number of nitriles is 1. The molecule has 0 N–H and O–H groups in total. The zero-order valence-electron chi connectivity index (χ0n) is 30.1. The zero-order chi connectivity index (χ0) is 36.6. The van der Waals surface area contributed by atoms with Gasteiger partial charge in [0, 0.05) is 8.41 Å². The van der Waals surface area contributed by atoms with Crippen LogP contribution in [0.25, 0.3) is 101 Å². The molecule has 0 amide bonds. The second-order valence-corrected chi connectivity index (χ2v) is 14.1. The lowest BCUT2D eigenvalue weighted by Crippen LogP contribution is -2.10. The summed E-state index contributed by atoms with van der Waals surface area (Å²) in [7, 11) is 0. The zero-order valence-corrected chi connectivity index (χ0v) is 30.1. The molecule has 0 saturated heterocycles. The average molecular weight is 730 g/mol. The summed E-state index contributed by atoms with van der Waals surface area (Å²) in [5, 5.41) is 11.7. The van der Waals surface area contributed by atoms with Crippen molar-refractivity contribution < 1.29 is 0 Å². The highest BCUT2D eigenvalue weighted by Crippen LogP contribution is 2.40. The first kappa shape index (κ1) is 31.3. The molecule has 0 bridgehead atoms. The minimum atomic E-state index is 0. The van der Waals surface area contributed by atoms with E-state index in [0.29, 0.717) is 22.7 Å².